The molecule has 0 aliphatic carbocycles. The zero-order valence-electron chi connectivity index (χ0n) is 14.8. The predicted molar refractivity (Wildman–Crippen MR) is 97.8 cm³/mol. The minimum absolute atomic E-state index is 0.00198. The molecule has 2 aliphatic rings. The second-order valence-electron chi connectivity index (χ2n) is 6.64. The Hall–Kier alpha value is -2.83. The maximum Gasteiger partial charge on any atom is 0.227 e. The van der Waals surface area contributed by atoms with Gasteiger partial charge in [0.15, 0.2) is 17.3 Å². The molecule has 0 unspecified atom stereocenters. The van der Waals surface area contributed by atoms with Crippen molar-refractivity contribution in [2.75, 3.05) is 36.5 Å². The van der Waals surface area contributed by atoms with Crippen molar-refractivity contribution in [3.05, 3.63) is 36.0 Å². The summed E-state index contributed by atoms with van der Waals surface area (Å²) in [5.41, 5.74) is 1.65. The first kappa shape index (κ1) is 16.6. The lowest BCUT2D eigenvalue weighted by atomic mass is 9.96. The van der Waals surface area contributed by atoms with Gasteiger partial charge in [-0.1, -0.05) is 0 Å². The Kier molecular flexibility index (Phi) is 4.60. The lowest BCUT2D eigenvalue weighted by Gasteiger charge is -2.31. The summed E-state index contributed by atoms with van der Waals surface area (Å²) in [5, 5.41) is 11.3. The fraction of sp³-hybridized carbons (Fsp3) is 0.421. The van der Waals surface area contributed by atoms with Gasteiger partial charge in [0.1, 0.15) is 13.2 Å². The van der Waals surface area contributed by atoms with Gasteiger partial charge < -0.3 is 19.7 Å². The molecule has 0 bridgehead atoms. The standard InChI is InChI=1S/C19H22N4O3/c1-13-2-5-18(22-21-13)23-8-6-14(7-9-23)19(24)20-15-3-4-16-17(12-15)26-11-10-25-16/h2-5,12,14H,6-11H2,1H3,(H,20,24). The number of carbonyl (C=O) groups is 1. The normalized spacial score (nSPS) is 17.0. The Morgan fingerprint density at radius 2 is 1.85 bits per heavy atom. The summed E-state index contributed by atoms with van der Waals surface area (Å²) in [4.78, 5) is 14.8. The highest BCUT2D eigenvalue weighted by Gasteiger charge is 2.26. The predicted octanol–water partition coefficient (Wildman–Crippen LogP) is 2.41. The molecule has 4 rings (SSSR count). The molecule has 2 aliphatic heterocycles. The molecule has 1 N–H and O–H groups in total. The highest BCUT2D eigenvalue weighted by molar-refractivity contribution is 5.93. The third-order valence-electron chi connectivity index (χ3n) is 4.78. The van der Waals surface area contributed by atoms with Gasteiger partial charge in [-0.05, 0) is 44.0 Å². The summed E-state index contributed by atoms with van der Waals surface area (Å²) in [6, 6.07) is 9.45. The van der Waals surface area contributed by atoms with Gasteiger partial charge in [0.05, 0.1) is 5.69 Å². The van der Waals surface area contributed by atoms with Gasteiger partial charge in [-0.25, -0.2) is 0 Å². The second-order valence-corrected chi connectivity index (χ2v) is 6.64. The first-order valence-corrected chi connectivity index (χ1v) is 8.95. The van der Waals surface area contributed by atoms with E-state index in [0.717, 1.165) is 48.9 Å². The molecule has 1 aromatic carbocycles. The van der Waals surface area contributed by atoms with E-state index in [-0.39, 0.29) is 11.8 Å². The zero-order chi connectivity index (χ0) is 17.9. The molecule has 0 atom stereocenters. The molecule has 1 aromatic heterocycles. The molecule has 0 radical (unpaired) electrons. The van der Waals surface area contributed by atoms with E-state index in [1.165, 1.54) is 0 Å². The largest absolute Gasteiger partial charge is 0.486 e. The molecule has 136 valence electrons. The zero-order valence-corrected chi connectivity index (χ0v) is 14.8. The van der Waals surface area contributed by atoms with Crippen LogP contribution in [-0.4, -0.2) is 42.4 Å². The molecular formula is C19H22N4O3. The molecule has 0 spiro atoms. The van der Waals surface area contributed by atoms with Crippen LogP contribution < -0.4 is 19.7 Å². The minimum Gasteiger partial charge on any atom is -0.486 e. The van der Waals surface area contributed by atoms with E-state index in [1.807, 2.05) is 37.3 Å². The van der Waals surface area contributed by atoms with Crippen LogP contribution >= 0.6 is 0 Å². The van der Waals surface area contributed by atoms with E-state index in [1.54, 1.807) is 0 Å². The summed E-state index contributed by atoms with van der Waals surface area (Å²) < 4.78 is 11.1. The van der Waals surface area contributed by atoms with E-state index in [9.17, 15) is 4.79 Å². The molecule has 7 nitrogen and oxygen atoms in total. The number of piperidine rings is 1. The number of anilines is 2. The number of fused-ring (bicyclic) bond motifs is 1. The van der Waals surface area contributed by atoms with E-state index in [0.29, 0.717) is 19.0 Å². The van der Waals surface area contributed by atoms with Gasteiger partial charge in [0.2, 0.25) is 5.91 Å². The lowest BCUT2D eigenvalue weighted by Crippen LogP contribution is -2.38. The molecule has 3 heterocycles. The topological polar surface area (TPSA) is 76.6 Å². The van der Waals surface area contributed by atoms with Crippen molar-refractivity contribution in [2.24, 2.45) is 5.92 Å². The quantitative estimate of drug-likeness (QED) is 0.912. The number of benzene rings is 1. The summed E-state index contributed by atoms with van der Waals surface area (Å²) in [5.74, 6) is 2.33. The molecule has 1 amide bonds. The third-order valence-corrected chi connectivity index (χ3v) is 4.78. The summed E-state index contributed by atoms with van der Waals surface area (Å²) in [6.45, 7) is 4.62. The van der Waals surface area contributed by atoms with Crippen molar-refractivity contribution in [1.82, 2.24) is 10.2 Å². The number of aryl methyl sites for hydroxylation is 1. The highest BCUT2D eigenvalue weighted by atomic mass is 16.6. The molecule has 26 heavy (non-hydrogen) atoms. The Bertz CT molecular complexity index is 786. The van der Waals surface area contributed by atoms with Crippen LogP contribution in [0.2, 0.25) is 0 Å². The van der Waals surface area contributed by atoms with Crippen LogP contribution in [-0.2, 0) is 4.79 Å². The Morgan fingerprint density at radius 3 is 2.58 bits per heavy atom. The van der Waals surface area contributed by atoms with E-state index < -0.39 is 0 Å². The van der Waals surface area contributed by atoms with Gasteiger partial charge in [0.25, 0.3) is 0 Å². The van der Waals surface area contributed by atoms with Gasteiger partial charge in [-0.3, -0.25) is 4.79 Å². The van der Waals surface area contributed by atoms with E-state index in [2.05, 4.69) is 20.4 Å². The number of hydrogen-bond donors (Lipinski definition) is 1. The van der Waals surface area contributed by atoms with Crippen molar-refractivity contribution >= 4 is 17.4 Å². The molecule has 1 fully saturated rings. The minimum atomic E-state index is -0.00198. The monoisotopic (exact) mass is 354 g/mol. The molecule has 7 heteroatoms. The Balaban J connectivity index is 1.34. The van der Waals surface area contributed by atoms with Crippen molar-refractivity contribution < 1.29 is 14.3 Å². The van der Waals surface area contributed by atoms with E-state index >= 15 is 0 Å². The number of nitrogens with zero attached hydrogens (tertiary/aromatic N) is 3. The fourth-order valence-corrected chi connectivity index (χ4v) is 3.30. The third kappa shape index (κ3) is 3.56. The van der Waals surface area contributed by atoms with Crippen LogP contribution in [0.25, 0.3) is 0 Å². The molecule has 2 aromatic rings. The number of amides is 1. The van der Waals surface area contributed by atoms with Gasteiger partial charge in [-0.15, -0.1) is 5.10 Å². The summed E-state index contributed by atoms with van der Waals surface area (Å²) in [6.07, 6.45) is 1.60. The number of rotatable bonds is 3. The van der Waals surface area contributed by atoms with E-state index in [4.69, 9.17) is 9.47 Å². The van der Waals surface area contributed by atoms with Crippen LogP contribution in [0.4, 0.5) is 11.5 Å². The van der Waals surface area contributed by atoms with Crippen molar-refractivity contribution in [3.63, 3.8) is 0 Å². The Morgan fingerprint density at radius 1 is 1.08 bits per heavy atom. The average molecular weight is 354 g/mol. The number of ether oxygens (including phenoxy) is 2. The SMILES string of the molecule is Cc1ccc(N2CCC(C(=O)Nc3ccc4c(c3)OCCO4)CC2)nn1. The van der Waals surface area contributed by atoms with Gasteiger partial charge >= 0.3 is 0 Å². The first-order chi connectivity index (χ1) is 12.7. The summed E-state index contributed by atoms with van der Waals surface area (Å²) in [7, 11) is 0. The Labute approximate surface area is 152 Å². The van der Waals surface area contributed by atoms with Crippen molar-refractivity contribution in [1.29, 1.82) is 0 Å². The van der Waals surface area contributed by atoms with Gasteiger partial charge in [0, 0.05) is 30.8 Å². The van der Waals surface area contributed by atoms with Crippen LogP contribution in [0.3, 0.4) is 0 Å². The van der Waals surface area contributed by atoms with Crippen LogP contribution in [0.5, 0.6) is 11.5 Å². The highest BCUT2D eigenvalue weighted by Crippen LogP contribution is 2.33. The van der Waals surface area contributed by atoms with Crippen LogP contribution in [0.15, 0.2) is 30.3 Å². The number of hydrogen-bond acceptors (Lipinski definition) is 6. The molecule has 0 saturated carbocycles. The average Bonchev–Trinajstić information content (AvgIpc) is 2.68. The fourth-order valence-electron chi connectivity index (χ4n) is 3.30. The second kappa shape index (κ2) is 7.19. The maximum atomic E-state index is 12.6. The lowest BCUT2D eigenvalue weighted by molar-refractivity contribution is -0.120. The maximum absolute atomic E-state index is 12.6. The number of aromatic nitrogens is 2. The molecular weight excluding hydrogens is 332 g/mol. The molecule has 1 saturated heterocycles. The van der Waals surface area contributed by atoms with Crippen LogP contribution in [0, 0.1) is 12.8 Å². The summed E-state index contributed by atoms with van der Waals surface area (Å²) >= 11 is 0. The van der Waals surface area contributed by atoms with Crippen molar-refractivity contribution in [3.8, 4) is 11.5 Å². The first-order valence-electron chi connectivity index (χ1n) is 8.95. The van der Waals surface area contributed by atoms with Crippen molar-refractivity contribution in [2.45, 2.75) is 19.8 Å². The number of carbonyl (C=O) groups excluding carboxylic acids is 1. The van der Waals surface area contributed by atoms with Crippen LogP contribution in [0.1, 0.15) is 18.5 Å². The van der Waals surface area contributed by atoms with Gasteiger partial charge in [-0.2, -0.15) is 5.10 Å². The number of nitrogens with one attached hydrogen (secondary N) is 1. The smallest absolute Gasteiger partial charge is 0.227 e.